The fourth-order valence-corrected chi connectivity index (χ4v) is 3.63. The molecule has 0 saturated heterocycles. The molecule has 1 atom stereocenters. The van der Waals surface area contributed by atoms with Crippen LogP contribution in [0.25, 0.3) is 10.9 Å². The van der Waals surface area contributed by atoms with Crippen molar-refractivity contribution in [3.63, 3.8) is 0 Å². The van der Waals surface area contributed by atoms with Gasteiger partial charge in [0.15, 0.2) is 0 Å². The van der Waals surface area contributed by atoms with Gasteiger partial charge in [-0.2, -0.15) is 0 Å². The first-order valence-electron chi connectivity index (χ1n) is 10.8. The highest BCUT2D eigenvalue weighted by molar-refractivity contribution is 5.78. The number of benzene rings is 1. The van der Waals surface area contributed by atoms with Gasteiger partial charge in [-0.3, -0.25) is 14.2 Å². The van der Waals surface area contributed by atoms with E-state index in [1.807, 2.05) is 30.0 Å². The lowest BCUT2D eigenvalue weighted by Gasteiger charge is -2.30. The van der Waals surface area contributed by atoms with Crippen molar-refractivity contribution in [2.75, 3.05) is 34.0 Å². The Morgan fingerprint density at radius 1 is 1.13 bits per heavy atom. The van der Waals surface area contributed by atoms with Crippen LogP contribution in [0.5, 0.6) is 0 Å². The van der Waals surface area contributed by atoms with E-state index < -0.39 is 0 Å². The van der Waals surface area contributed by atoms with E-state index in [0.717, 1.165) is 25.7 Å². The number of nitrogens with zero attached hydrogens (tertiary/aromatic N) is 3. The van der Waals surface area contributed by atoms with Crippen LogP contribution in [-0.4, -0.2) is 54.3 Å². The quantitative estimate of drug-likeness (QED) is 0.466. The molecule has 1 amide bonds. The first-order chi connectivity index (χ1) is 14.5. The van der Waals surface area contributed by atoms with Gasteiger partial charge in [-0.25, -0.2) is 4.98 Å². The van der Waals surface area contributed by atoms with Gasteiger partial charge < -0.3 is 14.4 Å². The molecular weight excluding hydrogens is 382 g/mol. The van der Waals surface area contributed by atoms with Crippen LogP contribution in [0.1, 0.15) is 57.8 Å². The number of aromatic nitrogens is 2. The van der Waals surface area contributed by atoms with Gasteiger partial charge >= 0.3 is 0 Å². The van der Waals surface area contributed by atoms with Crippen molar-refractivity contribution in [1.82, 2.24) is 14.5 Å². The van der Waals surface area contributed by atoms with E-state index in [9.17, 15) is 9.59 Å². The highest BCUT2D eigenvalue weighted by Crippen LogP contribution is 2.22. The summed E-state index contributed by atoms with van der Waals surface area (Å²) in [5.41, 5.74) is 0.545. The van der Waals surface area contributed by atoms with E-state index in [1.165, 1.54) is 0 Å². The Morgan fingerprint density at radius 3 is 2.57 bits per heavy atom. The van der Waals surface area contributed by atoms with Gasteiger partial charge in [-0.15, -0.1) is 0 Å². The van der Waals surface area contributed by atoms with Crippen molar-refractivity contribution in [3.05, 3.63) is 40.4 Å². The van der Waals surface area contributed by atoms with Gasteiger partial charge in [0.2, 0.25) is 5.91 Å². The van der Waals surface area contributed by atoms with Gasteiger partial charge in [0.25, 0.3) is 5.56 Å². The molecule has 7 nitrogen and oxygen atoms in total. The summed E-state index contributed by atoms with van der Waals surface area (Å²) in [6, 6.07) is 7.00. The van der Waals surface area contributed by atoms with Gasteiger partial charge in [0.1, 0.15) is 5.82 Å². The molecule has 0 aliphatic carbocycles. The van der Waals surface area contributed by atoms with E-state index in [-0.39, 0.29) is 17.5 Å². The molecule has 166 valence electrons. The second-order valence-electron chi connectivity index (χ2n) is 7.50. The molecule has 0 fully saturated rings. The summed E-state index contributed by atoms with van der Waals surface area (Å²) in [5.74, 6) is 0.685. The number of rotatable bonds is 13. The predicted octanol–water partition coefficient (Wildman–Crippen LogP) is 3.55. The van der Waals surface area contributed by atoms with Crippen LogP contribution < -0.4 is 5.56 Å². The number of ether oxygens (including phenoxy) is 2. The van der Waals surface area contributed by atoms with Gasteiger partial charge in [-0.05, 0) is 31.9 Å². The molecule has 7 heteroatoms. The van der Waals surface area contributed by atoms with Crippen molar-refractivity contribution < 1.29 is 14.3 Å². The van der Waals surface area contributed by atoms with E-state index in [1.54, 1.807) is 24.9 Å². The summed E-state index contributed by atoms with van der Waals surface area (Å²) in [6.07, 6.45) is 4.19. The molecule has 1 unspecified atom stereocenters. The van der Waals surface area contributed by atoms with Crippen molar-refractivity contribution in [2.45, 2.75) is 58.5 Å². The van der Waals surface area contributed by atoms with Crippen LogP contribution in [0.2, 0.25) is 0 Å². The van der Waals surface area contributed by atoms with E-state index in [2.05, 4.69) is 6.92 Å². The molecule has 0 bridgehead atoms. The molecule has 30 heavy (non-hydrogen) atoms. The zero-order chi connectivity index (χ0) is 21.9. The van der Waals surface area contributed by atoms with E-state index in [0.29, 0.717) is 49.5 Å². The summed E-state index contributed by atoms with van der Waals surface area (Å²) in [7, 11) is 3.26. The molecule has 2 aromatic rings. The van der Waals surface area contributed by atoms with Crippen LogP contribution in [0.3, 0.4) is 0 Å². The number of hydrogen-bond donors (Lipinski definition) is 0. The molecule has 1 aromatic heterocycles. The van der Waals surface area contributed by atoms with Crippen LogP contribution in [0.4, 0.5) is 0 Å². The van der Waals surface area contributed by atoms with Gasteiger partial charge in [0.05, 0.1) is 30.1 Å². The Morgan fingerprint density at radius 2 is 1.87 bits per heavy atom. The molecule has 0 N–H and O–H groups in total. The Hall–Kier alpha value is -2.25. The summed E-state index contributed by atoms with van der Waals surface area (Å²) in [6.45, 7) is 6.00. The van der Waals surface area contributed by atoms with Crippen molar-refractivity contribution in [3.8, 4) is 0 Å². The second kappa shape index (κ2) is 12.4. The number of amides is 1. The van der Waals surface area contributed by atoms with E-state index >= 15 is 0 Å². The third kappa shape index (κ3) is 6.12. The number of para-hydroxylation sites is 1. The largest absolute Gasteiger partial charge is 0.385 e. The lowest BCUT2D eigenvalue weighted by Crippen LogP contribution is -2.39. The van der Waals surface area contributed by atoms with Gasteiger partial charge in [-0.1, -0.05) is 31.9 Å². The summed E-state index contributed by atoms with van der Waals surface area (Å²) in [5, 5.41) is 0.574. The monoisotopic (exact) mass is 417 g/mol. The fraction of sp³-hybridized carbons (Fsp3) is 0.609. The number of fused-ring (bicyclic) bond motifs is 1. The number of carbonyl (C=O) groups excluding carboxylic acids is 1. The lowest BCUT2D eigenvalue weighted by atomic mass is 10.1. The van der Waals surface area contributed by atoms with Crippen molar-refractivity contribution >= 4 is 16.8 Å². The lowest BCUT2D eigenvalue weighted by molar-refractivity contribution is -0.134. The number of hydrogen-bond acceptors (Lipinski definition) is 5. The fourth-order valence-electron chi connectivity index (χ4n) is 3.63. The Bertz CT molecular complexity index is 865. The zero-order valence-electron chi connectivity index (χ0n) is 18.7. The molecule has 1 heterocycles. The van der Waals surface area contributed by atoms with Crippen LogP contribution in [0, 0.1) is 0 Å². The topological polar surface area (TPSA) is 73.7 Å². The van der Waals surface area contributed by atoms with Crippen LogP contribution in [-0.2, 0) is 20.8 Å². The third-order valence-corrected chi connectivity index (χ3v) is 5.31. The number of unbranched alkanes of at least 4 members (excludes halogenated alkanes) is 2. The predicted molar refractivity (Wildman–Crippen MR) is 119 cm³/mol. The standard InChI is InChI=1S/C23H35N3O4/c1-5-6-7-13-21(27)25(14-10-16-29-3)18(2)22-24-20-12-9-8-11-19(20)23(28)26(22)15-17-30-4/h8-9,11-12,18H,5-7,10,13-17H2,1-4H3. The average molecular weight is 418 g/mol. The molecule has 1 aromatic carbocycles. The highest BCUT2D eigenvalue weighted by Gasteiger charge is 2.25. The number of carbonyl (C=O) groups is 1. The van der Waals surface area contributed by atoms with Crippen molar-refractivity contribution in [2.24, 2.45) is 0 Å². The van der Waals surface area contributed by atoms with Crippen LogP contribution in [0.15, 0.2) is 29.1 Å². The maximum Gasteiger partial charge on any atom is 0.261 e. The smallest absolute Gasteiger partial charge is 0.261 e. The second-order valence-corrected chi connectivity index (χ2v) is 7.50. The molecule has 2 rings (SSSR count). The first-order valence-corrected chi connectivity index (χ1v) is 10.8. The zero-order valence-corrected chi connectivity index (χ0v) is 18.7. The summed E-state index contributed by atoms with van der Waals surface area (Å²) in [4.78, 5) is 32.9. The molecule has 0 aliphatic heterocycles. The molecule has 0 saturated carbocycles. The van der Waals surface area contributed by atoms with Crippen LogP contribution >= 0.6 is 0 Å². The highest BCUT2D eigenvalue weighted by atomic mass is 16.5. The maximum atomic E-state index is 13.2. The number of methoxy groups -OCH3 is 2. The maximum absolute atomic E-state index is 13.2. The SMILES string of the molecule is CCCCCC(=O)N(CCCOC)C(C)c1nc2ccccc2c(=O)n1CCOC. The Labute approximate surface area is 179 Å². The first kappa shape index (κ1) is 24.0. The minimum atomic E-state index is -0.329. The third-order valence-electron chi connectivity index (χ3n) is 5.31. The molecule has 0 radical (unpaired) electrons. The molecular formula is C23H35N3O4. The van der Waals surface area contributed by atoms with Gasteiger partial charge in [0, 0.05) is 33.8 Å². The van der Waals surface area contributed by atoms with E-state index in [4.69, 9.17) is 14.5 Å². The summed E-state index contributed by atoms with van der Waals surface area (Å²) < 4.78 is 12.1. The average Bonchev–Trinajstić information content (AvgIpc) is 2.75. The Balaban J connectivity index is 2.44. The Kier molecular flexibility index (Phi) is 9.97. The minimum absolute atomic E-state index is 0.0905. The minimum Gasteiger partial charge on any atom is -0.385 e. The van der Waals surface area contributed by atoms with Crippen molar-refractivity contribution in [1.29, 1.82) is 0 Å². The molecule has 0 spiro atoms. The summed E-state index contributed by atoms with van der Waals surface area (Å²) >= 11 is 0. The molecule has 0 aliphatic rings. The normalized spacial score (nSPS) is 12.3.